The third-order valence-corrected chi connectivity index (χ3v) is 6.72. The van der Waals surface area contributed by atoms with Crippen molar-refractivity contribution in [3.8, 4) is 5.75 Å². The smallest absolute Gasteiger partial charge is 0.161 e. The van der Waals surface area contributed by atoms with E-state index in [0.29, 0.717) is 32.0 Å². The van der Waals surface area contributed by atoms with Crippen LogP contribution in [0.5, 0.6) is 5.75 Å². The minimum Gasteiger partial charge on any atom is -0.492 e. The summed E-state index contributed by atoms with van der Waals surface area (Å²) in [5.74, 6) is 1.41. The summed E-state index contributed by atoms with van der Waals surface area (Å²) in [6.07, 6.45) is 7.28. The number of carbonyl (C=O) groups excluding carboxylic acids is 1. The highest BCUT2D eigenvalue weighted by atomic mass is 32.2. The lowest BCUT2D eigenvalue weighted by Crippen LogP contribution is -2.26. The molecule has 0 saturated heterocycles. The van der Waals surface area contributed by atoms with Crippen LogP contribution in [0, 0.1) is 12.8 Å². The van der Waals surface area contributed by atoms with Crippen molar-refractivity contribution < 1.29 is 14.3 Å². The quantitative estimate of drug-likeness (QED) is 0.269. The zero-order valence-electron chi connectivity index (χ0n) is 21.9. The van der Waals surface area contributed by atoms with E-state index in [1.807, 2.05) is 38.1 Å². The first-order valence-electron chi connectivity index (χ1n) is 12.3. The van der Waals surface area contributed by atoms with Crippen LogP contribution in [-0.2, 0) is 22.5 Å². The Morgan fingerprint density at radius 1 is 1.09 bits per heavy atom. The van der Waals surface area contributed by atoms with Gasteiger partial charge in [0, 0.05) is 30.8 Å². The Bertz CT molecular complexity index is 970. The molecule has 186 valence electrons. The van der Waals surface area contributed by atoms with Gasteiger partial charge in [0.25, 0.3) is 0 Å². The van der Waals surface area contributed by atoms with E-state index in [1.54, 1.807) is 11.8 Å². The van der Waals surface area contributed by atoms with Crippen molar-refractivity contribution in [2.24, 2.45) is 5.92 Å². The maximum atomic E-state index is 12.1. The Kier molecular flexibility index (Phi) is 11.7. The molecule has 0 saturated carbocycles. The minimum atomic E-state index is -0.366. The summed E-state index contributed by atoms with van der Waals surface area (Å²) in [7, 11) is 0. The second kappa shape index (κ2) is 14.2. The fraction of sp³-hybridized carbons (Fsp3) is 0.483. The predicted molar refractivity (Wildman–Crippen MR) is 146 cm³/mol. The lowest BCUT2D eigenvalue weighted by molar-refractivity contribution is -0.129. The van der Waals surface area contributed by atoms with Crippen LogP contribution in [0.1, 0.15) is 58.0 Å². The number of ketones is 1. The summed E-state index contributed by atoms with van der Waals surface area (Å²) in [6.45, 7) is 14.5. The van der Waals surface area contributed by atoms with Crippen LogP contribution in [0.15, 0.2) is 53.5 Å². The molecule has 0 spiro atoms. The van der Waals surface area contributed by atoms with E-state index in [2.05, 4.69) is 62.8 Å². The number of thioether (sulfide) groups is 1. The Hall–Kier alpha value is -2.24. The van der Waals surface area contributed by atoms with Gasteiger partial charge in [-0.05, 0) is 73.3 Å². The molecule has 0 amide bonds. The molecule has 34 heavy (non-hydrogen) atoms. The maximum absolute atomic E-state index is 12.1. The number of carbonyl (C=O) groups is 1. The highest BCUT2D eigenvalue weighted by molar-refractivity contribution is 8.02. The van der Waals surface area contributed by atoms with Crippen LogP contribution in [0.4, 0.5) is 0 Å². The maximum Gasteiger partial charge on any atom is 0.161 e. The number of nitrogens with zero attached hydrogens (tertiary/aromatic N) is 1. The highest BCUT2D eigenvalue weighted by Gasteiger charge is 2.17. The van der Waals surface area contributed by atoms with E-state index in [9.17, 15) is 4.79 Å². The monoisotopic (exact) mass is 483 g/mol. The first kappa shape index (κ1) is 28.0. The Morgan fingerprint density at radius 2 is 1.79 bits per heavy atom. The van der Waals surface area contributed by atoms with Gasteiger partial charge in [-0.2, -0.15) is 0 Å². The fourth-order valence-electron chi connectivity index (χ4n) is 3.85. The largest absolute Gasteiger partial charge is 0.492 e. The Labute approximate surface area is 210 Å². The van der Waals surface area contributed by atoms with Crippen LogP contribution in [0.25, 0.3) is 5.57 Å². The molecule has 1 heterocycles. The van der Waals surface area contributed by atoms with Crippen molar-refractivity contribution in [2.75, 3.05) is 19.5 Å². The van der Waals surface area contributed by atoms with Gasteiger partial charge in [0.1, 0.15) is 18.5 Å². The number of hydrogen-bond acceptors (Lipinski definition) is 4. The number of aryl methyl sites for hydroxylation is 1. The average molecular weight is 484 g/mol. The number of allylic oxidation sites excluding steroid dienone is 4. The summed E-state index contributed by atoms with van der Waals surface area (Å²) in [5.41, 5.74) is 4.89. The number of aromatic nitrogens is 1. The van der Waals surface area contributed by atoms with Crippen LogP contribution in [-0.4, -0.2) is 35.9 Å². The first-order chi connectivity index (χ1) is 16.3. The third-order valence-electron chi connectivity index (χ3n) is 5.94. The topological polar surface area (TPSA) is 40.5 Å². The first-order valence-corrected chi connectivity index (χ1v) is 13.5. The van der Waals surface area contributed by atoms with Gasteiger partial charge < -0.3 is 14.0 Å². The van der Waals surface area contributed by atoms with Crippen LogP contribution in [0.3, 0.4) is 0 Å². The number of hydrogen-bond donors (Lipinski definition) is 0. The van der Waals surface area contributed by atoms with Gasteiger partial charge in [-0.3, -0.25) is 4.79 Å². The van der Waals surface area contributed by atoms with Crippen molar-refractivity contribution in [1.29, 1.82) is 0 Å². The molecule has 0 bridgehead atoms. The molecular formula is C29H41NO3S. The molecular weight excluding hydrogens is 442 g/mol. The van der Waals surface area contributed by atoms with Crippen molar-refractivity contribution >= 4 is 23.1 Å². The molecule has 0 N–H and O–H groups in total. The number of rotatable bonds is 14. The minimum absolute atomic E-state index is 0.147. The SMILES string of the molecule is CCO[C@@H](Cc1ccc(OCCn2c(C)ccc2/C(=C/C=C(\C)SC)C(C)C)cc1)C(=O)CC. The van der Waals surface area contributed by atoms with E-state index < -0.39 is 0 Å². The molecule has 0 fully saturated rings. The molecule has 2 aromatic rings. The van der Waals surface area contributed by atoms with Crippen LogP contribution >= 0.6 is 11.8 Å². The van der Waals surface area contributed by atoms with Crippen LogP contribution < -0.4 is 4.74 Å². The Balaban J connectivity index is 2.05. The van der Waals surface area contributed by atoms with Gasteiger partial charge in [-0.15, -0.1) is 11.8 Å². The van der Waals surface area contributed by atoms with Gasteiger partial charge >= 0.3 is 0 Å². The molecule has 1 atom stereocenters. The number of benzene rings is 1. The molecule has 0 radical (unpaired) electrons. The summed E-state index contributed by atoms with van der Waals surface area (Å²) in [5, 5.41) is 0. The van der Waals surface area contributed by atoms with E-state index in [4.69, 9.17) is 9.47 Å². The second-order valence-corrected chi connectivity index (χ2v) is 9.78. The average Bonchev–Trinajstić information content (AvgIpc) is 3.19. The lowest BCUT2D eigenvalue weighted by atomic mass is 9.99. The summed E-state index contributed by atoms with van der Waals surface area (Å²) < 4.78 is 14.0. The number of Topliss-reactive ketones (excluding diaryl/α,β-unsaturated/α-hetero) is 1. The molecule has 1 aromatic carbocycles. The molecule has 5 heteroatoms. The predicted octanol–water partition coefficient (Wildman–Crippen LogP) is 7.11. The molecule has 1 aromatic heterocycles. The summed E-state index contributed by atoms with van der Waals surface area (Å²) >= 11 is 1.77. The zero-order chi connectivity index (χ0) is 25.1. The Morgan fingerprint density at radius 3 is 2.38 bits per heavy atom. The number of ether oxygens (including phenoxy) is 2. The molecule has 2 rings (SSSR count). The molecule has 0 aliphatic carbocycles. The third kappa shape index (κ3) is 8.21. The lowest BCUT2D eigenvalue weighted by Gasteiger charge is -2.18. The fourth-order valence-corrected chi connectivity index (χ4v) is 4.06. The normalized spacial score (nSPS) is 13.4. The highest BCUT2D eigenvalue weighted by Crippen LogP contribution is 2.26. The molecule has 0 unspecified atom stereocenters. The van der Waals surface area contributed by atoms with E-state index in [0.717, 1.165) is 17.9 Å². The van der Waals surface area contributed by atoms with Gasteiger partial charge in [0.15, 0.2) is 5.78 Å². The zero-order valence-corrected chi connectivity index (χ0v) is 22.7. The van der Waals surface area contributed by atoms with E-state index in [1.165, 1.54) is 21.9 Å². The van der Waals surface area contributed by atoms with Crippen molar-refractivity contribution in [1.82, 2.24) is 4.57 Å². The van der Waals surface area contributed by atoms with E-state index >= 15 is 0 Å². The van der Waals surface area contributed by atoms with Crippen LogP contribution in [0.2, 0.25) is 0 Å². The molecule has 0 aliphatic heterocycles. The summed E-state index contributed by atoms with van der Waals surface area (Å²) in [6, 6.07) is 12.4. The molecule has 0 aliphatic rings. The van der Waals surface area contributed by atoms with Gasteiger partial charge in [-0.25, -0.2) is 0 Å². The van der Waals surface area contributed by atoms with Crippen molar-refractivity contribution in [2.45, 2.75) is 67.0 Å². The standard InChI is InChI=1S/C29H41NO3S/c1-8-28(31)29(32-9-2)20-24-12-14-25(15-13-24)33-19-18-30-22(5)10-17-27(30)26(21(3)4)16-11-23(6)34-7/h10-17,21,29H,8-9,18-20H2,1-7H3/b23-11+,26-16+/t29-/m0/s1. The summed E-state index contributed by atoms with van der Waals surface area (Å²) in [4.78, 5) is 13.4. The van der Waals surface area contributed by atoms with Gasteiger partial charge in [0.2, 0.25) is 0 Å². The van der Waals surface area contributed by atoms with Gasteiger partial charge in [-0.1, -0.05) is 45.1 Å². The van der Waals surface area contributed by atoms with Crippen molar-refractivity contribution in [3.05, 3.63) is 70.4 Å². The van der Waals surface area contributed by atoms with Crippen molar-refractivity contribution in [3.63, 3.8) is 0 Å². The molecule has 4 nitrogen and oxygen atoms in total. The van der Waals surface area contributed by atoms with Gasteiger partial charge in [0.05, 0.1) is 6.54 Å². The second-order valence-electron chi connectivity index (χ2n) is 8.73. The van der Waals surface area contributed by atoms with E-state index in [-0.39, 0.29) is 11.9 Å².